The first kappa shape index (κ1) is 15.2. The van der Waals surface area contributed by atoms with Crippen LogP contribution in [0.4, 0.5) is 22.0 Å². The molecule has 20 heavy (non-hydrogen) atoms. The number of nitrogens with one attached hydrogen (secondary N) is 1. The molecule has 112 valence electrons. The van der Waals surface area contributed by atoms with Crippen molar-refractivity contribution < 1.29 is 22.0 Å². The number of hydrogen-bond donors (Lipinski definition) is 1. The maximum atomic E-state index is 13.4. The number of nitrogens with zero attached hydrogens (tertiary/aromatic N) is 1. The summed E-state index contributed by atoms with van der Waals surface area (Å²) in [6, 6.07) is 1.39. The average molecular weight is 294 g/mol. The van der Waals surface area contributed by atoms with Crippen LogP contribution in [0, 0.1) is 5.82 Å². The van der Waals surface area contributed by atoms with Gasteiger partial charge in [0.1, 0.15) is 12.5 Å². The van der Waals surface area contributed by atoms with Gasteiger partial charge in [0.2, 0.25) is 0 Å². The molecule has 1 atom stereocenters. The van der Waals surface area contributed by atoms with Crippen LogP contribution in [0.3, 0.4) is 0 Å². The summed E-state index contributed by atoms with van der Waals surface area (Å²) >= 11 is 0. The summed E-state index contributed by atoms with van der Waals surface area (Å²) in [4.78, 5) is 1.73. The maximum absolute atomic E-state index is 13.4. The van der Waals surface area contributed by atoms with Crippen molar-refractivity contribution >= 4 is 0 Å². The molecule has 2 nitrogen and oxygen atoms in total. The third kappa shape index (κ3) is 3.46. The van der Waals surface area contributed by atoms with Gasteiger partial charge in [0.15, 0.2) is 0 Å². The second-order valence-corrected chi connectivity index (χ2v) is 4.73. The number of alkyl halides is 4. The fourth-order valence-corrected chi connectivity index (χ4v) is 2.36. The van der Waals surface area contributed by atoms with Crippen molar-refractivity contribution in [2.75, 3.05) is 32.9 Å². The SMILES string of the molecule is FC[C@H](c1cc(F)cc(C(F)(F)F)c1)N1CCNCC1. The van der Waals surface area contributed by atoms with Gasteiger partial charge in [-0.05, 0) is 23.8 Å². The molecule has 1 fully saturated rings. The lowest BCUT2D eigenvalue weighted by Gasteiger charge is -2.33. The zero-order valence-electron chi connectivity index (χ0n) is 10.7. The van der Waals surface area contributed by atoms with Crippen molar-refractivity contribution in [1.29, 1.82) is 0 Å². The average Bonchev–Trinajstić information content (AvgIpc) is 2.39. The Labute approximate surface area is 113 Å². The van der Waals surface area contributed by atoms with Crippen LogP contribution in [0.5, 0.6) is 0 Å². The Bertz CT molecular complexity index is 455. The first-order valence-corrected chi connectivity index (χ1v) is 6.30. The molecule has 0 saturated carbocycles. The minimum absolute atomic E-state index is 0.0294. The van der Waals surface area contributed by atoms with Gasteiger partial charge >= 0.3 is 6.18 Å². The van der Waals surface area contributed by atoms with E-state index in [9.17, 15) is 22.0 Å². The minimum atomic E-state index is -4.64. The fraction of sp³-hybridized carbons (Fsp3) is 0.538. The highest BCUT2D eigenvalue weighted by Crippen LogP contribution is 2.33. The molecule has 1 aromatic rings. The van der Waals surface area contributed by atoms with Crippen LogP contribution in [-0.4, -0.2) is 37.8 Å². The Morgan fingerprint density at radius 1 is 1.15 bits per heavy atom. The van der Waals surface area contributed by atoms with Crippen LogP contribution in [-0.2, 0) is 6.18 Å². The molecule has 1 heterocycles. The molecule has 0 amide bonds. The molecule has 0 spiro atoms. The molecule has 1 saturated heterocycles. The quantitative estimate of drug-likeness (QED) is 0.862. The Hall–Kier alpha value is -1.21. The van der Waals surface area contributed by atoms with E-state index in [1.807, 2.05) is 0 Å². The molecule has 0 bridgehead atoms. The first-order chi connectivity index (χ1) is 9.41. The molecule has 2 rings (SSSR count). The summed E-state index contributed by atoms with van der Waals surface area (Å²) in [5.41, 5.74) is -1.05. The van der Waals surface area contributed by atoms with Crippen molar-refractivity contribution in [3.63, 3.8) is 0 Å². The van der Waals surface area contributed by atoms with E-state index in [2.05, 4.69) is 5.32 Å². The molecule has 1 N–H and O–H groups in total. The Morgan fingerprint density at radius 2 is 1.80 bits per heavy atom. The molecule has 0 aliphatic carbocycles. The lowest BCUT2D eigenvalue weighted by molar-refractivity contribution is -0.137. The molecule has 1 aliphatic rings. The highest BCUT2D eigenvalue weighted by Gasteiger charge is 2.33. The fourth-order valence-electron chi connectivity index (χ4n) is 2.36. The zero-order valence-corrected chi connectivity index (χ0v) is 10.7. The minimum Gasteiger partial charge on any atom is -0.314 e. The number of rotatable bonds is 3. The van der Waals surface area contributed by atoms with Crippen molar-refractivity contribution in [1.82, 2.24) is 10.2 Å². The monoisotopic (exact) mass is 294 g/mol. The zero-order chi connectivity index (χ0) is 14.8. The van der Waals surface area contributed by atoms with E-state index in [1.54, 1.807) is 4.90 Å². The van der Waals surface area contributed by atoms with Crippen molar-refractivity contribution in [2.45, 2.75) is 12.2 Å². The highest BCUT2D eigenvalue weighted by atomic mass is 19.4. The van der Waals surface area contributed by atoms with E-state index in [-0.39, 0.29) is 5.56 Å². The van der Waals surface area contributed by atoms with Gasteiger partial charge in [-0.3, -0.25) is 4.90 Å². The van der Waals surface area contributed by atoms with E-state index in [1.165, 1.54) is 0 Å². The van der Waals surface area contributed by atoms with E-state index in [4.69, 9.17) is 0 Å². The Balaban J connectivity index is 2.31. The first-order valence-electron chi connectivity index (χ1n) is 6.30. The van der Waals surface area contributed by atoms with Crippen LogP contribution >= 0.6 is 0 Å². The summed E-state index contributed by atoms with van der Waals surface area (Å²) in [6.07, 6.45) is -4.64. The Morgan fingerprint density at radius 3 is 2.35 bits per heavy atom. The second-order valence-electron chi connectivity index (χ2n) is 4.73. The summed E-state index contributed by atoms with van der Waals surface area (Å²) < 4.78 is 64.6. The number of hydrogen-bond acceptors (Lipinski definition) is 2. The second kappa shape index (κ2) is 6.05. The van der Waals surface area contributed by atoms with Crippen LogP contribution in [0.1, 0.15) is 17.2 Å². The highest BCUT2D eigenvalue weighted by molar-refractivity contribution is 5.29. The normalized spacial score (nSPS) is 19.1. The van der Waals surface area contributed by atoms with Gasteiger partial charge in [0.25, 0.3) is 0 Å². The number of halogens is 5. The van der Waals surface area contributed by atoms with Gasteiger partial charge in [-0.25, -0.2) is 8.78 Å². The summed E-state index contributed by atoms with van der Waals surface area (Å²) in [7, 11) is 0. The summed E-state index contributed by atoms with van der Waals surface area (Å²) in [6.45, 7) is 1.47. The van der Waals surface area contributed by atoms with Crippen molar-refractivity contribution in [3.05, 3.63) is 35.1 Å². The number of piperazine rings is 1. The van der Waals surface area contributed by atoms with Gasteiger partial charge in [-0.15, -0.1) is 0 Å². The predicted octanol–water partition coefficient (Wildman–Crippen LogP) is 2.76. The molecule has 0 aromatic heterocycles. The van der Waals surface area contributed by atoms with Gasteiger partial charge < -0.3 is 5.32 Å². The molecule has 0 radical (unpaired) electrons. The molecule has 1 aromatic carbocycles. The molecule has 0 unspecified atom stereocenters. The number of benzene rings is 1. The van der Waals surface area contributed by atoms with Gasteiger partial charge in [0.05, 0.1) is 11.6 Å². The summed E-state index contributed by atoms with van der Waals surface area (Å²) in [5.74, 6) is -0.997. The van der Waals surface area contributed by atoms with Crippen molar-refractivity contribution in [2.24, 2.45) is 0 Å². The van der Waals surface area contributed by atoms with E-state index in [0.717, 1.165) is 12.1 Å². The van der Waals surface area contributed by atoms with E-state index < -0.39 is 30.3 Å². The molecular formula is C13H15F5N2. The predicted molar refractivity (Wildman–Crippen MR) is 64.6 cm³/mol. The topological polar surface area (TPSA) is 15.3 Å². The third-order valence-corrected chi connectivity index (χ3v) is 3.37. The van der Waals surface area contributed by atoms with Crippen LogP contribution in [0.15, 0.2) is 18.2 Å². The van der Waals surface area contributed by atoms with Crippen LogP contribution in [0.2, 0.25) is 0 Å². The molecule has 1 aliphatic heterocycles. The maximum Gasteiger partial charge on any atom is 0.416 e. The lowest BCUT2D eigenvalue weighted by Crippen LogP contribution is -2.45. The van der Waals surface area contributed by atoms with Gasteiger partial charge in [-0.2, -0.15) is 13.2 Å². The van der Waals surface area contributed by atoms with Crippen molar-refractivity contribution in [3.8, 4) is 0 Å². The molecule has 7 heteroatoms. The van der Waals surface area contributed by atoms with Crippen LogP contribution in [0.25, 0.3) is 0 Å². The third-order valence-electron chi connectivity index (χ3n) is 3.37. The van der Waals surface area contributed by atoms with Gasteiger partial charge in [0, 0.05) is 26.2 Å². The smallest absolute Gasteiger partial charge is 0.314 e. The summed E-state index contributed by atoms with van der Waals surface area (Å²) in [5, 5.41) is 3.07. The molecular weight excluding hydrogens is 279 g/mol. The van der Waals surface area contributed by atoms with Crippen LogP contribution < -0.4 is 5.32 Å². The van der Waals surface area contributed by atoms with E-state index >= 15 is 0 Å². The lowest BCUT2D eigenvalue weighted by atomic mass is 10.0. The largest absolute Gasteiger partial charge is 0.416 e. The van der Waals surface area contributed by atoms with E-state index in [0.29, 0.717) is 32.2 Å². The Kier molecular flexibility index (Phi) is 4.59. The standard InChI is InChI=1S/C13H15F5N2/c14-8-12(20-3-1-19-2-4-20)9-5-10(13(16,17)18)7-11(15)6-9/h5-7,12,19H,1-4,8H2/t12-/m1/s1. The van der Waals surface area contributed by atoms with Gasteiger partial charge in [-0.1, -0.05) is 0 Å².